The van der Waals surface area contributed by atoms with Gasteiger partial charge < -0.3 is 14.8 Å². The Morgan fingerprint density at radius 1 is 0.921 bits per heavy atom. The molecule has 202 valence electrons. The highest BCUT2D eigenvalue weighted by atomic mass is 32.2. The fourth-order valence-corrected chi connectivity index (χ4v) is 5.37. The molecule has 0 saturated heterocycles. The molecule has 0 bridgehead atoms. The molecule has 0 spiro atoms. The van der Waals surface area contributed by atoms with Crippen LogP contribution in [-0.4, -0.2) is 40.6 Å². The van der Waals surface area contributed by atoms with Crippen molar-refractivity contribution in [2.24, 2.45) is 0 Å². The van der Waals surface area contributed by atoms with Crippen molar-refractivity contribution >= 4 is 33.3 Å². The zero-order valence-electron chi connectivity index (χ0n) is 22.4. The van der Waals surface area contributed by atoms with Crippen LogP contribution in [0.15, 0.2) is 65.6 Å². The Morgan fingerprint density at radius 3 is 2.26 bits per heavy atom. The van der Waals surface area contributed by atoms with E-state index in [2.05, 4.69) is 5.32 Å². The highest BCUT2D eigenvalue weighted by molar-refractivity contribution is 7.93. The molecule has 3 aromatic carbocycles. The van der Waals surface area contributed by atoms with Gasteiger partial charge in [-0.1, -0.05) is 25.5 Å². The van der Waals surface area contributed by atoms with Crippen LogP contribution in [0.4, 0.5) is 11.4 Å². The minimum atomic E-state index is -4.18. The minimum Gasteiger partial charge on any atom is -0.495 e. The van der Waals surface area contributed by atoms with E-state index in [1.54, 1.807) is 55.5 Å². The van der Waals surface area contributed by atoms with E-state index in [1.165, 1.54) is 13.2 Å². The Hall–Kier alpha value is -3.85. The first-order chi connectivity index (χ1) is 18.1. The maximum absolute atomic E-state index is 13.9. The molecule has 0 fully saturated rings. The number of carbonyl (C=O) groups excluding carboxylic acids is 2. The molecule has 0 radical (unpaired) electrons. The topological polar surface area (TPSA) is 102 Å². The summed E-state index contributed by atoms with van der Waals surface area (Å²) in [7, 11) is -2.78. The summed E-state index contributed by atoms with van der Waals surface area (Å²) in [5, 5.41) is 2.72. The quantitative estimate of drug-likeness (QED) is 0.259. The highest BCUT2D eigenvalue weighted by Gasteiger charge is 2.30. The number of esters is 1. The summed E-state index contributed by atoms with van der Waals surface area (Å²) in [5.41, 5.74) is 3.77. The van der Waals surface area contributed by atoms with E-state index in [1.807, 2.05) is 26.8 Å². The lowest BCUT2D eigenvalue weighted by Gasteiger charge is -2.26. The molecule has 1 amide bonds. The van der Waals surface area contributed by atoms with Crippen molar-refractivity contribution in [3.8, 4) is 5.75 Å². The molecule has 38 heavy (non-hydrogen) atoms. The number of unbranched alkanes of at least 4 members (excludes halogenated alkanes) is 1. The predicted octanol–water partition coefficient (Wildman–Crippen LogP) is 5.41. The van der Waals surface area contributed by atoms with E-state index in [-0.39, 0.29) is 10.6 Å². The van der Waals surface area contributed by atoms with Crippen LogP contribution in [0.5, 0.6) is 5.75 Å². The Labute approximate surface area is 224 Å². The second-order valence-corrected chi connectivity index (χ2v) is 10.9. The normalized spacial score (nSPS) is 11.1. The van der Waals surface area contributed by atoms with Crippen LogP contribution in [0.25, 0.3) is 0 Å². The maximum atomic E-state index is 13.9. The number of sulfonamides is 1. The van der Waals surface area contributed by atoms with Crippen molar-refractivity contribution in [1.29, 1.82) is 0 Å². The molecule has 0 aliphatic carbocycles. The predicted molar refractivity (Wildman–Crippen MR) is 148 cm³/mol. The standard InChI is InChI=1S/C29H34N2O6S/c1-6-7-16-37-29(33)23-10-12-24(13-11-23)30-28(32)19-31(25-14-9-21(3)22(4)18-25)38(34,35)27-17-20(2)8-15-26(27)36-5/h8-15,17-18H,6-7,16,19H2,1-5H3,(H,30,32). The molecule has 0 unspecified atom stereocenters. The lowest BCUT2D eigenvalue weighted by Crippen LogP contribution is -2.38. The van der Waals surface area contributed by atoms with E-state index < -0.39 is 28.4 Å². The average molecular weight is 539 g/mol. The van der Waals surface area contributed by atoms with Gasteiger partial charge in [0.1, 0.15) is 17.2 Å². The van der Waals surface area contributed by atoms with Crippen LogP contribution in [0, 0.1) is 20.8 Å². The molecule has 0 aliphatic heterocycles. The number of ether oxygens (including phenoxy) is 2. The molecule has 3 aromatic rings. The number of benzene rings is 3. The van der Waals surface area contributed by atoms with Crippen molar-refractivity contribution in [3.05, 3.63) is 82.9 Å². The second-order valence-electron chi connectivity index (χ2n) is 9.05. The number of anilines is 2. The Balaban J connectivity index is 1.88. The molecule has 0 aliphatic rings. The Morgan fingerprint density at radius 2 is 1.63 bits per heavy atom. The van der Waals surface area contributed by atoms with Gasteiger partial charge in [-0.2, -0.15) is 0 Å². The number of aryl methyl sites for hydroxylation is 3. The number of nitrogens with zero attached hydrogens (tertiary/aromatic N) is 1. The molecule has 0 aromatic heterocycles. The third-order valence-corrected chi connectivity index (χ3v) is 7.88. The maximum Gasteiger partial charge on any atom is 0.338 e. The molecular weight excluding hydrogens is 504 g/mol. The van der Waals surface area contributed by atoms with Crippen molar-refractivity contribution < 1.29 is 27.5 Å². The first kappa shape index (κ1) is 28.7. The van der Waals surface area contributed by atoms with Gasteiger partial charge in [-0.25, -0.2) is 13.2 Å². The minimum absolute atomic E-state index is 0.0306. The molecule has 1 N–H and O–H groups in total. The zero-order chi connectivity index (χ0) is 27.9. The zero-order valence-corrected chi connectivity index (χ0v) is 23.2. The summed E-state index contributed by atoms with van der Waals surface area (Å²) >= 11 is 0. The summed E-state index contributed by atoms with van der Waals surface area (Å²) < 4.78 is 39.4. The van der Waals surface area contributed by atoms with Gasteiger partial charge in [-0.05, 0) is 92.4 Å². The fraction of sp³-hybridized carbons (Fsp3) is 0.310. The van der Waals surface area contributed by atoms with Gasteiger partial charge >= 0.3 is 5.97 Å². The Bertz CT molecular complexity index is 1400. The smallest absolute Gasteiger partial charge is 0.338 e. The molecule has 0 atom stereocenters. The number of carbonyl (C=O) groups is 2. The van der Waals surface area contributed by atoms with Crippen LogP contribution < -0.4 is 14.4 Å². The molecule has 8 nitrogen and oxygen atoms in total. The second kappa shape index (κ2) is 12.6. The van der Waals surface area contributed by atoms with Crippen LogP contribution >= 0.6 is 0 Å². The van der Waals surface area contributed by atoms with E-state index in [0.717, 1.165) is 33.8 Å². The highest BCUT2D eigenvalue weighted by Crippen LogP contribution is 2.31. The molecule has 0 heterocycles. The average Bonchev–Trinajstić information content (AvgIpc) is 2.89. The lowest BCUT2D eigenvalue weighted by molar-refractivity contribution is -0.114. The third-order valence-electron chi connectivity index (χ3n) is 6.09. The molecule has 3 rings (SSSR count). The summed E-state index contributed by atoms with van der Waals surface area (Å²) in [6.45, 7) is 7.48. The summed E-state index contributed by atoms with van der Waals surface area (Å²) in [5.74, 6) is -0.793. The monoisotopic (exact) mass is 538 g/mol. The summed E-state index contributed by atoms with van der Waals surface area (Å²) in [6.07, 6.45) is 1.71. The van der Waals surface area contributed by atoms with Crippen LogP contribution in [-0.2, 0) is 19.6 Å². The SMILES string of the molecule is CCCCOC(=O)c1ccc(NC(=O)CN(c2ccc(C)c(C)c2)S(=O)(=O)c2cc(C)ccc2OC)cc1. The molecule has 0 saturated carbocycles. The van der Waals surface area contributed by atoms with E-state index in [4.69, 9.17) is 9.47 Å². The summed E-state index contributed by atoms with van der Waals surface area (Å²) in [6, 6.07) is 16.4. The van der Waals surface area contributed by atoms with Gasteiger partial charge in [0.2, 0.25) is 5.91 Å². The first-order valence-corrected chi connectivity index (χ1v) is 13.8. The summed E-state index contributed by atoms with van der Waals surface area (Å²) in [4.78, 5) is 25.2. The van der Waals surface area contributed by atoms with E-state index >= 15 is 0 Å². The van der Waals surface area contributed by atoms with Gasteiger partial charge in [-0.3, -0.25) is 9.10 Å². The van der Waals surface area contributed by atoms with Crippen molar-refractivity contribution in [1.82, 2.24) is 0 Å². The fourth-order valence-electron chi connectivity index (χ4n) is 3.71. The van der Waals surface area contributed by atoms with E-state index in [9.17, 15) is 18.0 Å². The number of amides is 1. The van der Waals surface area contributed by atoms with Crippen molar-refractivity contribution in [3.63, 3.8) is 0 Å². The largest absolute Gasteiger partial charge is 0.495 e. The number of hydrogen-bond acceptors (Lipinski definition) is 6. The number of rotatable bonds is 11. The van der Waals surface area contributed by atoms with Gasteiger partial charge in [-0.15, -0.1) is 0 Å². The van der Waals surface area contributed by atoms with Crippen LogP contribution in [0.2, 0.25) is 0 Å². The van der Waals surface area contributed by atoms with Gasteiger partial charge in [0.15, 0.2) is 0 Å². The molecule has 9 heteroatoms. The number of hydrogen-bond donors (Lipinski definition) is 1. The van der Waals surface area contributed by atoms with Crippen LogP contribution in [0.1, 0.15) is 46.8 Å². The lowest BCUT2D eigenvalue weighted by atomic mass is 10.1. The van der Waals surface area contributed by atoms with Crippen molar-refractivity contribution in [2.75, 3.05) is 29.9 Å². The van der Waals surface area contributed by atoms with Gasteiger partial charge in [0.25, 0.3) is 10.0 Å². The number of methoxy groups -OCH3 is 1. The van der Waals surface area contributed by atoms with Gasteiger partial charge in [0.05, 0.1) is 25.0 Å². The van der Waals surface area contributed by atoms with E-state index in [0.29, 0.717) is 23.5 Å². The third kappa shape index (κ3) is 6.92. The van der Waals surface area contributed by atoms with Gasteiger partial charge in [0, 0.05) is 5.69 Å². The molecular formula is C29H34N2O6S. The van der Waals surface area contributed by atoms with Crippen LogP contribution in [0.3, 0.4) is 0 Å². The van der Waals surface area contributed by atoms with Crippen molar-refractivity contribution in [2.45, 2.75) is 45.4 Å². The number of nitrogens with one attached hydrogen (secondary N) is 1. The Kier molecular flexibility index (Phi) is 9.52. The first-order valence-electron chi connectivity index (χ1n) is 12.4.